The van der Waals surface area contributed by atoms with E-state index in [1.165, 1.54) is 12.1 Å². The van der Waals surface area contributed by atoms with Crippen molar-refractivity contribution in [1.29, 1.82) is 0 Å². The summed E-state index contributed by atoms with van der Waals surface area (Å²) in [4.78, 5) is 20.6. The van der Waals surface area contributed by atoms with E-state index in [1.807, 2.05) is 20.8 Å². The number of phenols is 1. The lowest BCUT2D eigenvalue weighted by atomic mass is 10.2. The van der Waals surface area contributed by atoms with Gasteiger partial charge in [0.05, 0.1) is 28.3 Å². The third-order valence-electron chi connectivity index (χ3n) is 3.00. The summed E-state index contributed by atoms with van der Waals surface area (Å²) >= 11 is 0. The number of benzene rings is 1. The van der Waals surface area contributed by atoms with Crippen molar-refractivity contribution in [1.82, 2.24) is 9.97 Å². The highest BCUT2D eigenvalue weighted by molar-refractivity contribution is 5.89. The first kappa shape index (κ1) is 14.0. The molecule has 0 radical (unpaired) electrons. The van der Waals surface area contributed by atoms with Gasteiger partial charge in [-0.25, -0.2) is 4.79 Å². The van der Waals surface area contributed by atoms with E-state index >= 15 is 0 Å². The van der Waals surface area contributed by atoms with Crippen LogP contribution in [0, 0.1) is 20.8 Å². The van der Waals surface area contributed by atoms with Gasteiger partial charge in [-0.05, 0) is 39.0 Å². The summed E-state index contributed by atoms with van der Waals surface area (Å²) in [5.41, 5.74) is 3.38. The highest BCUT2D eigenvalue weighted by atomic mass is 16.5. The van der Waals surface area contributed by atoms with E-state index in [0.717, 1.165) is 17.1 Å². The number of aromatic hydroxyl groups is 1. The number of rotatable bonds is 3. The van der Waals surface area contributed by atoms with Crippen LogP contribution in [0.1, 0.15) is 33.1 Å². The van der Waals surface area contributed by atoms with Crippen LogP contribution in [0.2, 0.25) is 0 Å². The fraction of sp³-hybridized carbons (Fsp3) is 0.267. The Labute approximate surface area is 117 Å². The van der Waals surface area contributed by atoms with Crippen LogP contribution < -0.4 is 0 Å². The van der Waals surface area contributed by atoms with Crippen LogP contribution in [-0.4, -0.2) is 21.0 Å². The van der Waals surface area contributed by atoms with Crippen molar-refractivity contribution < 1.29 is 14.6 Å². The minimum Gasteiger partial charge on any atom is -0.508 e. The second-order valence-electron chi connectivity index (χ2n) is 4.55. The van der Waals surface area contributed by atoms with Crippen LogP contribution in [0.15, 0.2) is 24.3 Å². The topological polar surface area (TPSA) is 72.3 Å². The molecule has 0 unspecified atom stereocenters. The molecule has 20 heavy (non-hydrogen) atoms. The van der Waals surface area contributed by atoms with E-state index in [4.69, 9.17) is 4.74 Å². The van der Waals surface area contributed by atoms with E-state index in [9.17, 15) is 9.90 Å². The number of hydrogen-bond acceptors (Lipinski definition) is 5. The molecule has 0 amide bonds. The smallest absolute Gasteiger partial charge is 0.338 e. The number of carbonyl (C=O) groups excluding carboxylic acids is 1. The van der Waals surface area contributed by atoms with Crippen molar-refractivity contribution in [3.63, 3.8) is 0 Å². The molecular weight excluding hydrogens is 256 g/mol. The number of aromatic nitrogens is 2. The van der Waals surface area contributed by atoms with Gasteiger partial charge in [-0.1, -0.05) is 6.07 Å². The fourth-order valence-corrected chi connectivity index (χ4v) is 1.75. The average molecular weight is 272 g/mol. The third-order valence-corrected chi connectivity index (χ3v) is 3.00. The number of phenolic OH excluding ortho intramolecular Hbond substituents is 1. The Kier molecular flexibility index (Phi) is 3.98. The Hall–Kier alpha value is -2.43. The molecule has 0 saturated heterocycles. The molecule has 2 rings (SSSR count). The minimum absolute atomic E-state index is 0.0293. The molecular formula is C15H16N2O3. The number of ether oxygens (including phenoxy) is 1. The van der Waals surface area contributed by atoms with E-state index in [0.29, 0.717) is 11.3 Å². The van der Waals surface area contributed by atoms with Crippen LogP contribution in [0.3, 0.4) is 0 Å². The maximum Gasteiger partial charge on any atom is 0.338 e. The molecule has 1 N–H and O–H groups in total. The van der Waals surface area contributed by atoms with Gasteiger partial charge in [-0.15, -0.1) is 0 Å². The first-order valence-corrected chi connectivity index (χ1v) is 6.24. The minimum atomic E-state index is -0.500. The van der Waals surface area contributed by atoms with Gasteiger partial charge < -0.3 is 9.84 Å². The molecule has 0 atom stereocenters. The van der Waals surface area contributed by atoms with Crippen LogP contribution in [0.4, 0.5) is 0 Å². The molecule has 1 aromatic carbocycles. The van der Waals surface area contributed by atoms with Crippen LogP contribution in [-0.2, 0) is 11.3 Å². The van der Waals surface area contributed by atoms with Crippen LogP contribution in [0.5, 0.6) is 5.75 Å². The van der Waals surface area contributed by atoms with Gasteiger partial charge in [0.25, 0.3) is 0 Å². The fourth-order valence-electron chi connectivity index (χ4n) is 1.75. The SMILES string of the molecule is Cc1nc(C)c(COC(=O)c2cccc(O)c2)nc1C. The number of nitrogens with zero attached hydrogens (tertiary/aromatic N) is 2. The summed E-state index contributed by atoms with van der Waals surface area (Å²) in [5.74, 6) is -0.470. The molecule has 0 aliphatic rings. The molecule has 2 aromatic rings. The molecule has 0 aliphatic carbocycles. The van der Waals surface area contributed by atoms with E-state index in [-0.39, 0.29) is 12.4 Å². The van der Waals surface area contributed by atoms with E-state index in [2.05, 4.69) is 9.97 Å². The summed E-state index contributed by atoms with van der Waals surface area (Å²) in [6.45, 7) is 5.64. The van der Waals surface area contributed by atoms with Gasteiger partial charge in [-0.2, -0.15) is 0 Å². The predicted molar refractivity (Wildman–Crippen MR) is 73.5 cm³/mol. The van der Waals surface area contributed by atoms with Crippen molar-refractivity contribution in [2.75, 3.05) is 0 Å². The third kappa shape index (κ3) is 3.12. The maximum absolute atomic E-state index is 11.9. The van der Waals surface area contributed by atoms with Gasteiger partial charge in [-0.3, -0.25) is 9.97 Å². The molecule has 5 nitrogen and oxygen atoms in total. The molecule has 0 fully saturated rings. The van der Waals surface area contributed by atoms with Gasteiger partial charge in [0.15, 0.2) is 0 Å². The van der Waals surface area contributed by atoms with Crippen molar-refractivity contribution in [3.8, 4) is 5.75 Å². The zero-order chi connectivity index (χ0) is 14.7. The molecule has 1 heterocycles. The maximum atomic E-state index is 11.9. The summed E-state index contributed by atoms with van der Waals surface area (Å²) in [7, 11) is 0. The zero-order valence-corrected chi connectivity index (χ0v) is 11.7. The summed E-state index contributed by atoms with van der Waals surface area (Å²) in [6.07, 6.45) is 0. The molecule has 104 valence electrons. The van der Waals surface area contributed by atoms with Crippen molar-refractivity contribution in [2.24, 2.45) is 0 Å². The number of carbonyl (C=O) groups is 1. The van der Waals surface area contributed by atoms with Crippen LogP contribution in [0.25, 0.3) is 0 Å². The summed E-state index contributed by atoms with van der Waals surface area (Å²) in [5, 5.41) is 9.33. The lowest BCUT2D eigenvalue weighted by molar-refractivity contribution is 0.0466. The van der Waals surface area contributed by atoms with Gasteiger partial charge in [0.1, 0.15) is 12.4 Å². The van der Waals surface area contributed by atoms with Crippen molar-refractivity contribution in [3.05, 3.63) is 52.6 Å². The Morgan fingerprint density at radius 3 is 2.55 bits per heavy atom. The molecule has 0 spiro atoms. The lowest BCUT2D eigenvalue weighted by Crippen LogP contribution is -2.09. The van der Waals surface area contributed by atoms with Crippen LogP contribution >= 0.6 is 0 Å². The first-order valence-electron chi connectivity index (χ1n) is 6.24. The quantitative estimate of drug-likeness (QED) is 0.869. The normalized spacial score (nSPS) is 10.3. The first-order chi connectivity index (χ1) is 9.47. The molecule has 0 bridgehead atoms. The average Bonchev–Trinajstić information content (AvgIpc) is 2.41. The highest BCUT2D eigenvalue weighted by Crippen LogP contribution is 2.13. The molecule has 0 aliphatic heterocycles. The second-order valence-corrected chi connectivity index (χ2v) is 4.55. The summed E-state index contributed by atoms with van der Waals surface area (Å²) in [6, 6.07) is 6.03. The highest BCUT2D eigenvalue weighted by Gasteiger charge is 2.11. The van der Waals surface area contributed by atoms with Gasteiger partial charge in [0, 0.05) is 0 Å². The Morgan fingerprint density at radius 2 is 1.85 bits per heavy atom. The standard InChI is InChI=1S/C15H16N2O3/c1-9-10(2)17-14(11(3)16-9)8-20-15(19)12-5-4-6-13(18)7-12/h4-7,18H,8H2,1-3H3. The Morgan fingerprint density at radius 1 is 1.15 bits per heavy atom. The van der Waals surface area contributed by atoms with Crippen molar-refractivity contribution >= 4 is 5.97 Å². The Balaban J connectivity index is 2.09. The van der Waals surface area contributed by atoms with E-state index in [1.54, 1.807) is 12.1 Å². The Bertz CT molecular complexity index is 654. The van der Waals surface area contributed by atoms with Gasteiger partial charge >= 0.3 is 5.97 Å². The largest absolute Gasteiger partial charge is 0.508 e. The predicted octanol–water partition coefficient (Wildman–Crippen LogP) is 2.46. The lowest BCUT2D eigenvalue weighted by Gasteiger charge is -2.09. The summed E-state index contributed by atoms with van der Waals surface area (Å²) < 4.78 is 5.19. The van der Waals surface area contributed by atoms with E-state index < -0.39 is 5.97 Å². The van der Waals surface area contributed by atoms with Crippen molar-refractivity contribution in [2.45, 2.75) is 27.4 Å². The van der Waals surface area contributed by atoms with Gasteiger partial charge in [0.2, 0.25) is 0 Å². The second kappa shape index (κ2) is 5.69. The number of esters is 1. The molecule has 5 heteroatoms. The molecule has 1 aromatic heterocycles. The monoisotopic (exact) mass is 272 g/mol. The molecule has 0 saturated carbocycles. The zero-order valence-electron chi connectivity index (χ0n) is 11.7. The number of aryl methyl sites for hydroxylation is 3. The number of hydrogen-bond donors (Lipinski definition) is 1.